The Morgan fingerprint density at radius 3 is 2.86 bits per heavy atom. The van der Waals surface area contributed by atoms with E-state index in [1.165, 1.54) is 11.8 Å². The molecule has 1 heterocycles. The zero-order valence-corrected chi connectivity index (χ0v) is 17.3. The van der Waals surface area contributed by atoms with E-state index in [2.05, 4.69) is 15.5 Å². The number of nitrogens with one attached hydrogen (secondary N) is 1. The van der Waals surface area contributed by atoms with Crippen LogP contribution >= 0.6 is 23.4 Å². The van der Waals surface area contributed by atoms with E-state index in [1.807, 2.05) is 44.2 Å². The topological polar surface area (TPSA) is 77.2 Å². The van der Waals surface area contributed by atoms with Crippen LogP contribution in [0.15, 0.2) is 52.1 Å². The van der Waals surface area contributed by atoms with Crippen molar-refractivity contribution in [2.24, 2.45) is 0 Å². The van der Waals surface area contributed by atoms with Crippen molar-refractivity contribution in [3.8, 4) is 5.75 Å². The Hall–Kier alpha value is -2.51. The molecule has 1 atom stereocenters. The van der Waals surface area contributed by atoms with Gasteiger partial charge in [0.1, 0.15) is 5.75 Å². The molecule has 28 heavy (non-hydrogen) atoms. The van der Waals surface area contributed by atoms with Crippen LogP contribution in [-0.4, -0.2) is 21.4 Å². The summed E-state index contributed by atoms with van der Waals surface area (Å²) >= 11 is 7.18. The van der Waals surface area contributed by atoms with Crippen molar-refractivity contribution in [3.63, 3.8) is 0 Å². The second-order valence-corrected chi connectivity index (χ2v) is 8.00. The molecule has 1 N–H and O–H groups in total. The van der Waals surface area contributed by atoms with Gasteiger partial charge in [0.15, 0.2) is 6.61 Å². The fraction of sp³-hybridized carbons (Fsp3) is 0.250. The molecule has 6 nitrogen and oxygen atoms in total. The lowest BCUT2D eigenvalue weighted by atomic mass is 10.2. The second-order valence-electron chi connectivity index (χ2n) is 6.28. The normalized spacial score (nSPS) is 11.9. The lowest BCUT2D eigenvalue weighted by Gasteiger charge is -2.12. The third-order valence-electron chi connectivity index (χ3n) is 3.90. The molecule has 146 valence electrons. The van der Waals surface area contributed by atoms with Gasteiger partial charge in [-0.3, -0.25) is 4.79 Å². The number of hydrogen-bond acceptors (Lipinski definition) is 6. The molecule has 0 aliphatic carbocycles. The van der Waals surface area contributed by atoms with Gasteiger partial charge in [-0.25, -0.2) is 0 Å². The van der Waals surface area contributed by atoms with Gasteiger partial charge in [0.25, 0.3) is 11.1 Å². The monoisotopic (exact) mass is 417 g/mol. The van der Waals surface area contributed by atoms with Gasteiger partial charge < -0.3 is 14.5 Å². The predicted molar refractivity (Wildman–Crippen MR) is 110 cm³/mol. The van der Waals surface area contributed by atoms with Crippen LogP contribution in [0.2, 0.25) is 5.02 Å². The van der Waals surface area contributed by atoms with Crippen LogP contribution in [0.3, 0.4) is 0 Å². The number of aryl methyl sites for hydroxylation is 2. The van der Waals surface area contributed by atoms with E-state index < -0.39 is 5.25 Å². The first-order chi connectivity index (χ1) is 13.4. The number of carbonyl (C=O) groups excluding carboxylic acids is 1. The fourth-order valence-corrected chi connectivity index (χ4v) is 3.24. The summed E-state index contributed by atoms with van der Waals surface area (Å²) in [6.45, 7) is 5.83. The summed E-state index contributed by atoms with van der Waals surface area (Å²) in [5.41, 5.74) is 2.72. The molecular weight excluding hydrogens is 398 g/mol. The zero-order chi connectivity index (χ0) is 20.1. The second kappa shape index (κ2) is 9.12. The number of halogens is 1. The number of ether oxygens (including phenoxy) is 1. The molecule has 8 heteroatoms. The first-order valence-corrected chi connectivity index (χ1v) is 9.92. The largest absolute Gasteiger partial charge is 0.484 e. The molecule has 3 aromatic rings. The number of aromatic nitrogens is 2. The third-order valence-corrected chi connectivity index (χ3v) is 5.07. The SMILES string of the molecule is Cc1cccc(OCc2nnc(S[C@H](C)C(=O)Nc3cc(Cl)ccc3C)o2)c1. The van der Waals surface area contributed by atoms with Crippen LogP contribution in [0.1, 0.15) is 23.9 Å². The van der Waals surface area contributed by atoms with Crippen molar-refractivity contribution in [3.05, 3.63) is 64.5 Å². The maximum atomic E-state index is 12.4. The van der Waals surface area contributed by atoms with Crippen LogP contribution < -0.4 is 10.1 Å². The minimum absolute atomic E-state index is 0.166. The Morgan fingerprint density at radius 2 is 2.07 bits per heavy atom. The van der Waals surface area contributed by atoms with Gasteiger partial charge in [-0.05, 0) is 56.2 Å². The fourth-order valence-electron chi connectivity index (χ4n) is 2.36. The summed E-state index contributed by atoms with van der Waals surface area (Å²) in [6.07, 6.45) is 0. The standard InChI is InChI=1S/C20H20ClN3O3S/c1-12-5-4-6-16(9-12)26-11-18-23-24-20(27-18)28-14(3)19(25)22-17-10-15(21)8-7-13(17)2/h4-10,14H,11H2,1-3H3,(H,22,25)/t14-/m1/s1. The number of anilines is 1. The quantitative estimate of drug-likeness (QED) is 0.543. The Labute approximate surface area is 172 Å². The number of rotatable bonds is 7. The van der Waals surface area contributed by atoms with E-state index in [0.717, 1.165) is 16.9 Å². The maximum Gasteiger partial charge on any atom is 0.277 e. The molecule has 0 saturated heterocycles. The van der Waals surface area contributed by atoms with Gasteiger partial charge in [-0.1, -0.05) is 41.6 Å². The van der Waals surface area contributed by atoms with Gasteiger partial charge in [0.2, 0.25) is 5.91 Å². The minimum atomic E-state index is -0.427. The maximum absolute atomic E-state index is 12.4. The number of benzene rings is 2. The van der Waals surface area contributed by atoms with Crippen molar-refractivity contribution in [2.45, 2.75) is 37.9 Å². The van der Waals surface area contributed by atoms with E-state index in [4.69, 9.17) is 20.8 Å². The molecule has 0 spiro atoms. The molecule has 2 aromatic carbocycles. The van der Waals surface area contributed by atoms with Crippen molar-refractivity contribution >= 4 is 35.0 Å². The molecule has 0 aliphatic heterocycles. The Morgan fingerprint density at radius 1 is 1.25 bits per heavy atom. The molecule has 1 aromatic heterocycles. The average Bonchev–Trinajstić information content (AvgIpc) is 3.10. The summed E-state index contributed by atoms with van der Waals surface area (Å²) in [5, 5.41) is 11.3. The van der Waals surface area contributed by atoms with E-state index in [-0.39, 0.29) is 12.5 Å². The van der Waals surface area contributed by atoms with Gasteiger partial charge in [-0.2, -0.15) is 0 Å². The lowest BCUT2D eigenvalue weighted by Crippen LogP contribution is -2.22. The Balaban J connectivity index is 1.55. The number of carbonyl (C=O) groups is 1. The lowest BCUT2D eigenvalue weighted by molar-refractivity contribution is -0.115. The molecule has 0 aliphatic rings. The minimum Gasteiger partial charge on any atom is -0.484 e. The Kier molecular flexibility index (Phi) is 6.59. The smallest absolute Gasteiger partial charge is 0.277 e. The summed E-state index contributed by atoms with van der Waals surface area (Å²) in [7, 11) is 0. The van der Waals surface area contributed by atoms with Crippen molar-refractivity contribution < 1.29 is 13.9 Å². The zero-order valence-electron chi connectivity index (χ0n) is 15.7. The van der Waals surface area contributed by atoms with Crippen LogP contribution in [-0.2, 0) is 11.4 Å². The molecule has 0 saturated carbocycles. The van der Waals surface area contributed by atoms with Crippen molar-refractivity contribution in [2.75, 3.05) is 5.32 Å². The highest BCUT2D eigenvalue weighted by molar-refractivity contribution is 8.00. The van der Waals surface area contributed by atoms with Crippen LogP contribution in [0.25, 0.3) is 0 Å². The molecule has 0 fully saturated rings. The molecular formula is C20H20ClN3O3S. The number of nitrogens with zero attached hydrogens (tertiary/aromatic N) is 2. The van der Waals surface area contributed by atoms with Crippen LogP contribution in [0.5, 0.6) is 5.75 Å². The molecule has 0 unspecified atom stereocenters. The summed E-state index contributed by atoms with van der Waals surface area (Å²) in [4.78, 5) is 12.4. The van der Waals surface area contributed by atoms with E-state index in [0.29, 0.717) is 21.8 Å². The van der Waals surface area contributed by atoms with Crippen LogP contribution in [0, 0.1) is 13.8 Å². The van der Waals surface area contributed by atoms with Crippen molar-refractivity contribution in [1.82, 2.24) is 10.2 Å². The first kappa shape index (κ1) is 20.2. The van der Waals surface area contributed by atoms with E-state index in [9.17, 15) is 4.79 Å². The highest BCUT2D eigenvalue weighted by atomic mass is 35.5. The van der Waals surface area contributed by atoms with Gasteiger partial charge >= 0.3 is 0 Å². The molecule has 0 radical (unpaired) electrons. The number of amides is 1. The summed E-state index contributed by atoms with van der Waals surface area (Å²) in [6, 6.07) is 13.1. The highest BCUT2D eigenvalue weighted by Gasteiger charge is 2.19. The van der Waals surface area contributed by atoms with Gasteiger partial charge in [-0.15, -0.1) is 10.2 Å². The molecule has 3 rings (SSSR count). The number of hydrogen-bond donors (Lipinski definition) is 1. The van der Waals surface area contributed by atoms with Gasteiger partial charge in [0.05, 0.1) is 5.25 Å². The summed E-state index contributed by atoms with van der Waals surface area (Å²) in [5.74, 6) is 0.908. The molecule has 0 bridgehead atoms. The average molecular weight is 418 g/mol. The van der Waals surface area contributed by atoms with E-state index >= 15 is 0 Å². The van der Waals surface area contributed by atoms with Crippen molar-refractivity contribution in [1.29, 1.82) is 0 Å². The molecule has 1 amide bonds. The summed E-state index contributed by atoms with van der Waals surface area (Å²) < 4.78 is 11.2. The predicted octanol–water partition coefficient (Wildman–Crippen LogP) is 5.04. The Bertz CT molecular complexity index is 977. The highest BCUT2D eigenvalue weighted by Crippen LogP contribution is 2.25. The van der Waals surface area contributed by atoms with E-state index in [1.54, 1.807) is 19.1 Å². The first-order valence-electron chi connectivity index (χ1n) is 8.66. The van der Waals surface area contributed by atoms with Crippen LogP contribution in [0.4, 0.5) is 5.69 Å². The number of thioether (sulfide) groups is 1. The van der Waals surface area contributed by atoms with Gasteiger partial charge in [0, 0.05) is 10.7 Å². The third kappa shape index (κ3) is 5.50.